The maximum absolute atomic E-state index is 14.6. The summed E-state index contributed by atoms with van der Waals surface area (Å²) in [7, 11) is 0. The summed E-state index contributed by atoms with van der Waals surface area (Å²) in [6.07, 6.45) is 8.04. The number of benzene rings is 3. The van der Waals surface area contributed by atoms with Crippen molar-refractivity contribution in [1.29, 1.82) is 0 Å². The van der Waals surface area contributed by atoms with Crippen LogP contribution in [0.5, 0.6) is 0 Å². The molecule has 1 unspecified atom stereocenters. The highest BCUT2D eigenvalue weighted by Gasteiger charge is 2.71. The molecule has 1 spiro atoms. The zero-order chi connectivity index (χ0) is 29.6. The van der Waals surface area contributed by atoms with Crippen LogP contribution in [-0.2, 0) is 25.7 Å². The van der Waals surface area contributed by atoms with Crippen molar-refractivity contribution in [3.8, 4) is 0 Å². The molecule has 2 fully saturated rings. The quantitative estimate of drug-likeness (QED) is 0.342. The largest absolute Gasteiger partial charge is 0.396 e. The van der Waals surface area contributed by atoms with Crippen LogP contribution >= 0.6 is 0 Å². The second-order valence-corrected chi connectivity index (χ2v) is 11.8. The monoisotopic (exact) mass is 577 g/mol. The molecule has 8 heteroatoms. The maximum Gasteiger partial charge on any atom is 0.253 e. The number of rotatable bonds is 7. The van der Waals surface area contributed by atoms with E-state index in [1.54, 1.807) is 14.7 Å². The van der Waals surface area contributed by atoms with Crippen LogP contribution in [0.15, 0.2) is 97.1 Å². The zero-order valence-corrected chi connectivity index (χ0v) is 23.9. The van der Waals surface area contributed by atoms with Crippen LogP contribution in [0.4, 0.5) is 5.69 Å². The minimum absolute atomic E-state index is 0.00272. The molecule has 0 radical (unpaired) electrons. The maximum atomic E-state index is 14.6. The number of likely N-dealkylation sites (tertiary alicyclic amines) is 1. The average molecular weight is 578 g/mol. The molecule has 7 rings (SSSR count). The summed E-state index contributed by atoms with van der Waals surface area (Å²) in [5, 5.41) is 11.6. The lowest BCUT2D eigenvalue weighted by molar-refractivity contribution is -0.144. The summed E-state index contributed by atoms with van der Waals surface area (Å²) < 4.78 is 6.76. The van der Waals surface area contributed by atoms with Gasteiger partial charge in [-0.05, 0) is 41.3 Å². The average Bonchev–Trinajstić information content (AvgIpc) is 3.34. The van der Waals surface area contributed by atoms with E-state index in [0.717, 1.165) is 22.0 Å². The van der Waals surface area contributed by atoms with Gasteiger partial charge in [0.1, 0.15) is 11.6 Å². The van der Waals surface area contributed by atoms with Gasteiger partial charge in [-0.3, -0.25) is 14.4 Å². The van der Waals surface area contributed by atoms with E-state index in [1.807, 2.05) is 97.1 Å². The van der Waals surface area contributed by atoms with E-state index < -0.39 is 29.6 Å². The Morgan fingerprint density at radius 2 is 1.63 bits per heavy atom. The Kier molecular flexibility index (Phi) is 7.11. The molecule has 4 heterocycles. The number of fused-ring (bicyclic) bond motifs is 3. The molecule has 3 amide bonds. The van der Waals surface area contributed by atoms with Gasteiger partial charge in [0, 0.05) is 38.5 Å². The minimum Gasteiger partial charge on any atom is -0.396 e. The van der Waals surface area contributed by atoms with E-state index in [-0.39, 0.29) is 24.3 Å². The first-order valence-corrected chi connectivity index (χ1v) is 15.1. The second-order valence-electron chi connectivity index (χ2n) is 11.8. The van der Waals surface area contributed by atoms with E-state index >= 15 is 0 Å². The van der Waals surface area contributed by atoms with Gasteiger partial charge < -0.3 is 24.5 Å². The van der Waals surface area contributed by atoms with Crippen LogP contribution in [0, 0.1) is 11.8 Å². The van der Waals surface area contributed by atoms with Crippen LogP contribution in [0.2, 0.25) is 0 Å². The molecule has 0 bridgehead atoms. The molecule has 0 aliphatic carbocycles. The Morgan fingerprint density at radius 1 is 0.837 bits per heavy atom. The smallest absolute Gasteiger partial charge is 0.253 e. The van der Waals surface area contributed by atoms with Gasteiger partial charge in [0.2, 0.25) is 11.8 Å². The fourth-order valence-electron chi connectivity index (χ4n) is 7.35. The number of anilines is 1. The van der Waals surface area contributed by atoms with Crippen LogP contribution in [-0.4, -0.2) is 76.6 Å². The molecule has 220 valence electrons. The van der Waals surface area contributed by atoms with Gasteiger partial charge in [0.05, 0.1) is 17.9 Å². The van der Waals surface area contributed by atoms with Gasteiger partial charge in [-0.25, -0.2) is 0 Å². The number of amides is 3. The Labute approximate surface area is 250 Å². The van der Waals surface area contributed by atoms with Crippen LogP contribution in [0.1, 0.15) is 18.4 Å². The number of unbranched alkanes of at least 4 members (excludes halogenated alkanes) is 1. The molecule has 0 aromatic heterocycles. The summed E-state index contributed by atoms with van der Waals surface area (Å²) in [6, 6.07) is 22.8. The Balaban J connectivity index is 1.27. The van der Waals surface area contributed by atoms with Crippen molar-refractivity contribution in [3.63, 3.8) is 0 Å². The summed E-state index contributed by atoms with van der Waals surface area (Å²) in [4.78, 5) is 48.3. The number of ether oxygens (including phenoxy) is 1. The van der Waals surface area contributed by atoms with E-state index in [0.29, 0.717) is 39.0 Å². The van der Waals surface area contributed by atoms with Crippen LogP contribution < -0.4 is 4.90 Å². The number of aliphatic hydroxyl groups is 1. The third kappa shape index (κ3) is 4.56. The first-order chi connectivity index (χ1) is 21.0. The van der Waals surface area contributed by atoms with Gasteiger partial charge in [-0.15, -0.1) is 0 Å². The number of hydrogen-bond acceptors (Lipinski definition) is 5. The van der Waals surface area contributed by atoms with Crippen LogP contribution in [0.25, 0.3) is 10.8 Å². The lowest BCUT2D eigenvalue weighted by Gasteiger charge is -2.35. The summed E-state index contributed by atoms with van der Waals surface area (Å²) >= 11 is 0. The lowest BCUT2D eigenvalue weighted by Crippen LogP contribution is -2.55. The summed E-state index contributed by atoms with van der Waals surface area (Å²) in [6.45, 7) is 1.47. The minimum atomic E-state index is -1.27. The van der Waals surface area contributed by atoms with Crippen LogP contribution in [0.3, 0.4) is 0 Å². The Bertz CT molecular complexity index is 1620. The van der Waals surface area contributed by atoms with Crippen molar-refractivity contribution < 1.29 is 24.2 Å². The fourth-order valence-corrected chi connectivity index (χ4v) is 7.35. The molecule has 8 nitrogen and oxygen atoms in total. The first kappa shape index (κ1) is 27.6. The zero-order valence-electron chi connectivity index (χ0n) is 23.9. The molecular formula is C35H35N3O5. The van der Waals surface area contributed by atoms with E-state index in [1.165, 1.54) is 0 Å². The number of carbonyl (C=O) groups is 3. The molecule has 4 aliphatic rings. The van der Waals surface area contributed by atoms with E-state index in [4.69, 9.17) is 4.74 Å². The number of hydrogen-bond donors (Lipinski definition) is 1. The van der Waals surface area contributed by atoms with Gasteiger partial charge >= 0.3 is 0 Å². The highest BCUT2D eigenvalue weighted by Crippen LogP contribution is 2.53. The van der Waals surface area contributed by atoms with Crippen molar-refractivity contribution in [2.45, 2.75) is 37.1 Å². The predicted octanol–water partition coefficient (Wildman–Crippen LogP) is 3.69. The first-order valence-electron chi connectivity index (χ1n) is 15.1. The van der Waals surface area contributed by atoms with Gasteiger partial charge in [-0.2, -0.15) is 0 Å². The standard InChI is InChI=1S/C35H35N3O5/c39-21-7-6-19-38-31-34(42)37(27-16-15-25-12-4-5-13-26(25)22-27)20-9-17-35(31)30(33(38)41)29-28(43-35)14-8-18-36(32(29)40)23-24-10-2-1-3-11-24/h1-5,8-17,22,28-31,39H,6-7,18-21,23H2/t28-,29+,30+,31?,35+/m1/s1. The molecule has 1 N–H and O–H groups in total. The predicted molar refractivity (Wildman–Crippen MR) is 163 cm³/mol. The van der Waals surface area contributed by atoms with Crippen molar-refractivity contribution in [3.05, 3.63) is 103 Å². The molecule has 3 aromatic carbocycles. The third-order valence-corrected chi connectivity index (χ3v) is 9.31. The fraction of sp³-hybridized carbons (Fsp3) is 0.343. The topological polar surface area (TPSA) is 90.4 Å². The van der Waals surface area contributed by atoms with E-state index in [2.05, 4.69) is 0 Å². The SMILES string of the molecule is O=C1[C@@H]2[C@H]3C(=O)N(CCCCO)C4C(=O)N(c5ccc6ccccc6c5)CC=C[C@@]43O[C@@H]2C=CCN1Cc1ccccc1. The van der Waals surface area contributed by atoms with Crippen molar-refractivity contribution in [1.82, 2.24) is 9.80 Å². The van der Waals surface area contributed by atoms with E-state index in [9.17, 15) is 19.5 Å². The van der Waals surface area contributed by atoms with Crippen molar-refractivity contribution in [2.24, 2.45) is 11.8 Å². The number of carbonyl (C=O) groups excluding carboxylic acids is 3. The van der Waals surface area contributed by atoms with Gasteiger partial charge in [0.25, 0.3) is 5.91 Å². The summed E-state index contributed by atoms with van der Waals surface area (Å²) in [5.41, 5.74) is 0.478. The molecule has 5 atom stereocenters. The Hall–Kier alpha value is -4.27. The molecule has 0 saturated carbocycles. The number of nitrogens with zero attached hydrogens (tertiary/aromatic N) is 3. The van der Waals surface area contributed by atoms with Crippen molar-refractivity contribution >= 4 is 34.2 Å². The second kappa shape index (κ2) is 11.1. The Morgan fingerprint density at radius 3 is 2.44 bits per heavy atom. The molecule has 2 saturated heterocycles. The molecule has 3 aromatic rings. The lowest BCUT2D eigenvalue weighted by atomic mass is 9.77. The molecular weight excluding hydrogens is 542 g/mol. The van der Waals surface area contributed by atoms with Gasteiger partial charge in [-0.1, -0.05) is 85.0 Å². The normalized spacial score (nSPS) is 28.2. The molecule has 43 heavy (non-hydrogen) atoms. The summed E-state index contributed by atoms with van der Waals surface area (Å²) in [5.74, 6) is -2.18. The van der Waals surface area contributed by atoms with Gasteiger partial charge in [0.15, 0.2) is 0 Å². The number of aliphatic hydroxyl groups excluding tert-OH is 1. The highest BCUT2D eigenvalue weighted by molar-refractivity contribution is 6.06. The highest BCUT2D eigenvalue weighted by atomic mass is 16.5. The van der Waals surface area contributed by atoms with Crippen molar-refractivity contribution in [2.75, 3.05) is 31.1 Å². The third-order valence-electron chi connectivity index (χ3n) is 9.31. The molecule has 4 aliphatic heterocycles.